The average Bonchev–Trinajstić information content (AvgIpc) is 2.27. The van der Waals surface area contributed by atoms with E-state index < -0.39 is 10.9 Å². The lowest BCUT2D eigenvalue weighted by atomic mass is 10.0. The summed E-state index contributed by atoms with van der Waals surface area (Å²) in [5, 5.41) is 11.2. The quantitative estimate of drug-likeness (QED) is 0.371. The fourth-order valence-electron chi connectivity index (χ4n) is 1.55. The lowest BCUT2D eigenvalue weighted by molar-refractivity contribution is -0.386. The highest BCUT2D eigenvalue weighted by Gasteiger charge is 2.20. The number of nitrogens with zero attached hydrogens (tertiary/aromatic N) is 1. The van der Waals surface area contributed by atoms with Crippen molar-refractivity contribution in [3.05, 3.63) is 38.9 Å². The zero-order chi connectivity index (χ0) is 13.0. The number of aryl methyl sites for hydroxylation is 1. The Morgan fingerprint density at radius 2 is 2.18 bits per heavy atom. The van der Waals surface area contributed by atoms with Gasteiger partial charge in [-0.3, -0.25) is 10.1 Å². The van der Waals surface area contributed by atoms with Crippen molar-refractivity contribution in [2.45, 2.75) is 19.2 Å². The fourth-order valence-corrected chi connectivity index (χ4v) is 1.98. The number of ether oxygens (including phenoxy) is 1. The molecule has 0 aliphatic carbocycles. The van der Waals surface area contributed by atoms with Gasteiger partial charge in [0.1, 0.15) is 0 Å². The van der Waals surface area contributed by atoms with E-state index in [2.05, 4.69) is 15.9 Å². The van der Waals surface area contributed by atoms with E-state index in [4.69, 9.17) is 4.74 Å². The van der Waals surface area contributed by atoms with Crippen LogP contribution in [0.4, 0.5) is 5.69 Å². The van der Waals surface area contributed by atoms with Crippen LogP contribution < -0.4 is 0 Å². The Hall–Kier alpha value is -1.43. The first-order valence-electron chi connectivity index (χ1n) is 5.02. The summed E-state index contributed by atoms with van der Waals surface area (Å²) in [5.41, 5.74) is 1.30. The minimum atomic E-state index is -0.465. The summed E-state index contributed by atoms with van der Waals surface area (Å²) < 4.78 is 4.86. The van der Waals surface area contributed by atoms with Crippen molar-refractivity contribution in [2.75, 3.05) is 6.61 Å². The molecule has 1 rings (SSSR count). The normalized spacial score (nSPS) is 10.1. The van der Waals surface area contributed by atoms with Gasteiger partial charge >= 0.3 is 5.97 Å². The SMILES string of the molecule is CCOC(=O)c1cc(C)c([N+](=O)[O-])c(CBr)c1. The van der Waals surface area contributed by atoms with Crippen molar-refractivity contribution in [1.29, 1.82) is 0 Å². The molecule has 1 aromatic carbocycles. The van der Waals surface area contributed by atoms with Gasteiger partial charge in [0.2, 0.25) is 0 Å². The maximum Gasteiger partial charge on any atom is 0.338 e. The van der Waals surface area contributed by atoms with Crippen molar-refractivity contribution < 1.29 is 14.5 Å². The van der Waals surface area contributed by atoms with Crippen LogP contribution in [0.1, 0.15) is 28.4 Å². The second-order valence-corrected chi connectivity index (χ2v) is 3.97. The highest BCUT2D eigenvalue weighted by molar-refractivity contribution is 9.08. The molecular weight excluding hydrogens is 290 g/mol. The molecule has 5 nitrogen and oxygen atoms in total. The number of hydrogen-bond acceptors (Lipinski definition) is 4. The Bertz CT molecular complexity index is 459. The van der Waals surface area contributed by atoms with Crippen LogP contribution in [0, 0.1) is 17.0 Å². The molecule has 0 bridgehead atoms. The average molecular weight is 302 g/mol. The van der Waals surface area contributed by atoms with Gasteiger partial charge in [-0.2, -0.15) is 0 Å². The van der Waals surface area contributed by atoms with E-state index in [0.29, 0.717) is 22.0 Å². The monoisotopic (exact) mass is 301 g/mol. The van der Waals surface area contributed by atoms with Crippen LogP contribution in [0.25, 0.3) is 0 Å². The number of halogens is 1. The lowest BCUT2D eigenvalue weighted by Gasteiger charge is -2.07. The Kier molecular flexibility index (Phi) is 4.62. The van der Waals surface area contributed by atoms with Crippen LogP contribution in [-0.4, -0.2) is 17.5 Å². The molecule has 1 aromatic rings. The molecule has 0 spiro atoms. The molecule has 6 heteroatoms. The summed E-state index contributed by atoms with van der Waals surface area (Å²) >= 11 is 3.18. The summed E-state index contributed by atoms with van der Waals surface area (Å²) in [7, 11) is 0. The highest BCUT2D eigenvalue weighted by Crippen LogP contribution is 2.27. The first-order chi connectivity index (χ1) is 8.01. The molecule has 0 amide bonds. The van der Waals surface area contributed by atoms with Gasteiger partial charge < -0.3 is 4.74 Å². The molecular formula is C11H12BrNO4. The van der Waals surface area contributed by atoms with Crippen molar-refractivity contribution in [3.63, 3.8) is 0 Å². The second kappa shape index (κ2) is 5.77. The molecule has 0 atom stereocenters. The van der Waals surface area contributed by atoms with E-state index in [-0.39, 0.29) is 12.3 Å². The molecule has 0 fully saturated rings. The minimum Gasteiger partial charge on any atom is -0.462 e. The zero-order valence-electron chi connectivity index (χ0n) is 9.53. The van der Waals surface area contributed by atoms with Crippen LogP contribution in [0.2, 0.25) is 0 Å². The van der Waals surface area contributed by atoms with Gasteiger partial charge in [-0.1, -0.05) is 15.9 Å². The molecule has 0 aliphatic rings. The number of carbonyl (C=O) groups is 1. The van der Waals surface area contributed by atoms with Gasteiger partial charge in [-0.15, -0.1) is 0 Å². The maximum atomic E-state index is 11.5. The molecule has 0 heterocycles. The molecule has 0 saturated carbocycles. The van der Waals surface area contributed by atoms with E-state index in [1.807, 2.05) is 0 Å². The summed E-state index contributed by atoms with van der Waals surface area (Å²) in [6, 6.07) is 2.96. The van der Waals surface area contributed by atoms with Crippen molar-refractivity contribution in [1.82, 2.24) is 0 Å². The molecule has 0 radical (unpaired) electrons. The van der Waals surface area contributed by atoms with Gasteiger partial charge in [0, 0.05) is 16.5 Å². The van der Waals surface area contributed by atoms with Crippen molar-refractivity contribution in [3.8, 4) is 0 Å². The predicted octanol–water partition coefficient (Wildman–Crippen LogP) is 2.97. The van der Waals surface area contributed by atoms with E-state index in [0.717, 1.165) is 0 Å². The molecule has 17 heavy (non-hydrogen) atoms. The number of nitro groups is 1. The zero-order valence-corrected chi connectivity index (χ0v) is 11.1. The van der Waals surface area contributed by atoms with E-state index in [1.54, 1.807) is 13.8 Å². The number of carbonyl (C=O) groups excluding carboxylic acids is 1. The Morgan fingerprint density at radius 3 is 2.65 bits per heavy atom. The first kappa shape index (κ1) is 13.6. The van der Waals surface area contributed by atoms with Crippen LogP contribution in [0.5, 0.6) is 0 Å². The number of nitro benzene ring substituents is 1. The minimum absolute atomic E-state index is 0.0370. The van der Waals surface area contributed by atoms with Gasteiger partial charge in [-0.05, 0) is 26.0 Å². The molecule has 92 valence electrons. The van der Waals surface area contributed by atoms with Gasteiger partial charge in [0.15, 0.2) is 0 Å². The summed E-state index contributed by atoms with van der Waals surface area (Å²) in [6.07, 6.45) is 0. The van der Waals surface area contributed by atoms with E-state index in [9.17, 15) is 14.9 Å². The van der Waals surface area contributed by atoms with E-state index in [1.165, 1.54) is 12.1 Å². The molecule has 0 saturated heterocycles. The lowest BCUT2D eigenvalue weighted by Crippen LogP contribution is -2.07. The van der Waals surface area contributed by atoms with E-state index >= 15 is 0 Å². The third-order valence-corrected chi connectivity index (χ3v) is 2.82. The molecule has 0 aliphatic heterocycles. The number of rotatable bonds is 4. The first-order valence-corrected chi connectivity index (χ1v) is 6.14. The fraction of sp³-hybridized carbons (Fsp3) is 0.364. The van der Waals surface area contributed by atoms with Crippen LogP contribution in [0.15, 0.2) is 12.1 Å². The van der Waals surface area contributed by atoms with Crippen molar-refractivity contribution >= 4 is 27.6 Å². The third kappa shape index (κ3) is 3.03. The Labute approximate surface area is 107 Å². The summed E-state index contributed by atoms with van der Waals surface area (Å²) in [6.45, 7) is 3.59. The number of hydrogen-bond donors (Lipinski definition) is 0. The van der Waals surface area contributed by atoms with Crippen LogP contribution in [-0.2, 0) is 10.1 Å². The smallest absolute Gasteiger partial charge is 0.338 e. The summed E-state index contributed by atoms with van der Waals surface area (Å²) in [5.74, 6) is -0.465. The molecule has 0 aromatic heterocycles. The third-order valence-electron chi connectivity index (χ3n) is 2.22. The van der Waals surface area contributed by atoms with Gasteiger partial charge in [0.25, 0.3) is 5.69 Å². The second-order valence-electron chi connectivity index (χ2n) is 3.41. The largest absolute Gasteiger partial charge is 0.462 e. The standard InChI is InChI=1S/C11H12BrNO4/c1-3-17-11(14)8-4-7(2)10(13(15)16)9(5-8)6-12/h4-5H,3,6H2,1-2H3. The van der Waals surface area contributed by atoms with Gasteiger partial charge in [0.05, 0.1) is 17.1 Å². The number of benzene rings is 1. The predicted molar refractivity (Wildman–Crippen MR) is 66.4 cm³/mol. The van der Waals surface area contributed by atoms with Gasteiger partial charge in [-0.25, -0.2) is 4.79 Å². The highest BCUT2D eigenvalue weighted by atomic mass is 79.9. The van der Waals surface area contributed by atoms with Crippen LogP contribution in [0.3, 0.4) is 0 Å². The molecule has 0 N–H and O–H groups in total. The number of esters is 1. The topological polar surface area (TPSA) is 69.4 Å². The number of alkyl halides is 1. The maximum absolute atomic E-state index is 11.5. The van der Waals surface area contributed by atoms with Crippen LogP contribution >= 0.6 is 15.9 Å². The molecule has 0 unspecified atom stereocenters. The van der Waals surface area contributed by atoms with Crippen molar-refractivity contribution in [2.24, 2.45) is 0 Å². The Balaban J connectivity index is 3.27. The Morgan fingerprint density at radius 1 is 1.53 bits per heavy atom. The summed E-state index contributed by atoms with van der Waals surface area (Å²) in [4.78, 5) is 22.0.